The fraction of sp³-hybridized carbons (Fsp3) is 0.200. The minimum absolute atomic E-state index is 0.268. The molecule has 0 spiro atoms. The molecule has 0 fully saturated rings. The monoisotopic (exact) mass is 628 g/mol. The molecule has 0 aliphatic rings. The van der Waals surface area contributed by atoms with Gasteiger partial charge in [-0.15, -0.1) is 11.8 Å². The third-order valence-electron chi connectivity index (χ3n) is 5.21. The van der Waals surface area contributed by atoms with E-state index in [4.69, 9.17) is 19.4 Å². The first-order valence-electron chi connectivity index (χ1n) is 11.5. The third kappa shape index (κ3) is 12.1. The molecule has 0 nitrogen and oxygen atoms in total. The van der Waals surface area contributed by atoms with Crippen LogP contribution in [0.2, 0.25) is 0 Å². The van der Waals surface area contributed by atoms with E-state index in [2.05, 4.69) is 136 Å². The molecule has 0 saturated heterocycles. The topological polar surface area (TPSA) is 0 Å². The van der Waals surface area contributed by atoms with Crippen LogP contribution in [0.15, 0.2) is 120 Å². The van der Waals surface area contributed by atoms with E-state index in [1.165, 1.54) is 32.8 Å². The molecule has 186 valence electrons. The second-order valence-corrected chi connectivity index (χ2v) is 14.2. The molecular formula is C30H33Cl2PRuS. The second-order valence-electron chi connectivity index (χ2n) is 8.10. The summed E-state index contributed by atoms with van der Waals surface area (Å²) in [5.41, 5.74) is 2.76. The molecule has 0 aliphatic heterocycles. The van der Waals surface area contributed by atoms with E-state index in [0.29, 0.717) is 5.92 Å². The Morgan fingerprint density at radius 3 is 1.54 bits per heavy atom. The van der Waals surface area contributed by atoms with Crippen LogP contribution in [0, 0.1) is 6.92 Å². The molecule has 0 saturated carbocycles. The minimum atomic E-state index is -0.346. The van der Waals surface area contributed by atoms with Crippen molar-refractivity contribution in [1.82, 2.24) is 0 Å². The molecule has 0 aliphatic carbocycles. The zero-order chi connectivity index (χ0) is 25.3. The Labute approximate surface area is 233 Å². The van der Waals surface area contributed by atoms with Crippen molar-refractivity contribution in [3.63, 3.8) is 0 Å². The van der Waals surface area contributed by atoms with Crippen molar-refractivity contribution in [2.45, 2.75) is 31.6 Å². The number of rotatable bonds is 7. The van der Waals surface area contributed by atoms with Gasteiger partial charge in [0.15, 0.2) is 0 Å². The predicted octanol–water partition coefficient (Wildman–Crippen LogP) is 9.41. The Morgan fingerprint density at radius 2 is 1.11 bits per heavy atom. The normalized spacial score (nSPS) is 10.4. The van der Waals surface area contributed by atoms with E-state index in [1.54, 1.807) is 0 Å². The van der Waals surface area contributed by atoms with Gasteiger partial charge >= 0.3 is 34.5 Å². The van der Waals surface area contributed by atoms with Crippen LogP contribution in [0.3, 0.4) is 0 Å². The van der Waals surface area contributed by atoms with Gasteiger partial charge in [0.05, 0.1) is 0 Å². The summed E-state index contributed by atoms with van der Waals surface area (Å²) in [6, 6.07) is 41.3. The predicted molar refractivity (Wildman–Crippen MR) is 158 cm³/mol. The minimum Gasteiger partial charge on any atom is -0.126 e. The number of aryl methyl sites for hydroxylation is 1. The number of thioether (sulfide) groups is 1. The van der Waals surface area contributed by atoms with Crippen LogP contribution >= 0.6 is 39.1 Å². The first-order valence-corrected chi connectivity index (χ1v) is 18.5. The fourth-order valence-corrected chi connectivity index (χ4v) is 6.91. The maximum Gasteiger partial charge on any atom is 0.00720 e. The molecule has 0 radical (unpaired) electrons. The van der Waals surface area contributed by atoms with E-state index < -0.39 is 0 Å². The standard InChI is InChI=1S/C20H19PS.C10H14.2ClH.Ru/c1-4-10-18(11-5-1)21(19-12-6-2-7-13-19)16-17-22-20-14-8-3-9-15-20;1-8(2)10-6-4-9(3)5-7-10;;;/h1-15H,16-17H2;4-8H,1-3H3;2*1H;/q;;;;+2/p-2. The van der Waals surface area contributed by atoms with E-state index in [0.717, 1.165) is 5.75 Å². The van der Waals surface area contributed by atoms with Gasteiger partial charge in [0.25, 0.3) is 0 Å². The Hall–Kier alpha value is -1.14. The van der Waals surface area contributed by atoms with Crippen molar-refractivity contribution in [3.05, 3.63) is 126 Å². The van der Waals surface area contributed by atoms with Gasteiger partial charge in [-0.1, -0.05) is 123 Å². The number of hydrogen-bond donors (Lipinski definition) is 0. The molecule has 4 rings (SSSR count). The smallest absolute Gasteiger partial charge is 0.00720 e. The Kier molecular flexibility index (Phi) is 15.6. The first-order chi connectivity index (χ1) is 17.0. The summed E-state index contributed by atoms with van der Waals surface area (Å²) in [4.78, 5) is 1.36. The molecule has 0 N–H and O–H groups in total. The summed E-state index contributed by atoms with van der Waals surface area (Å²) >= 11 is 1.61. The van der Waals surface area contributed by atoms with Crippen molar-refractivity contribution in [1.29, 1.82) is 0 Å². The summed E-state index contributed by atoms with van der Waals surface area (Å²) < 4.78 is 0. The number of halogens is 2. The molecule has 4 aromatic rings. The Balaban J connectivity index is 0.000000277. The molecule has 0 heterocycles. The van der Waals surface area contributed by atoms with Crippen LogP contribution in [0.25, 0.3) is 0 Å². The van der Waals surface area contributed by atoms with Crippen LogP contribution in [-0.4, -0.2) is 11.9 Å². The SMILES string of the molecule is Cc1ccc(C(C)C)cc1.[Cl][Ru][Cl].c1ccc(SCCP(c2ccccc2)c2ccccc2)cc1. The quantitative estimate of drug-likeness (QED) is 0.112. The molecule has 0 bridgehead atoms. The van der Waals surface area contributed by atoms with E-state index in [1.807, 2.05) is 11.8 Å². The fourth-order valence-electron chi connectivity index (χ4n) is 3.35. The van der Waals surface area contributed by atoms with Gasteiger partial charge < -0.3 is 0 Å². The van der Waals surface area contributed by atoms with Gasteiger partial charge in [-0.05, 0) is 55.2 Å². The maximum atomic E-state index is 4.85. The van der Waals surface area contributed by atoms with Crippen molar-refractivity contribution in [2.75, 3.05) is 11.9 Å². The summed E-state index contributed by atoms with van der Waals surface area (Å²) in [6.45, 7) is 6.54. The summed E-state index contributed by atoms with van der Waals surface area (Å²) in [6.07, 6.45) is 1.21. The van der Waals surface area contributed by atoms with Gasteiger partial charge in [0.1, 0.15) is 0 Å². The molecular weight excluding hydrogens is 595 g/mol. The zero-order valence-corrected chi connectivity index (χ0v) is 25.4. The molecule has 35 heavy (non-hydrogen) atoms. The van der Waals surface area contributed by atoms with Gasteiger partial charge in [-0.25, -0.2) is 0 Å². The van der Waals surface area contributed by atoms with Crippen LogP contribution in [-0.2, 0) is 15.1 Å². The van der Waals surface area contributed by atoms with Gasteiger partial charge in [-0.2, -0.15) is 0 Å². The van der Waals surface area contributed by atoms with E-state index >= 15 is 0 Å². The summed E-state index contributed by atoms with van der Waals surface area (Å²) in [5.74, 6) is 1.81. The molecule has 0 amide bonds. The van der Waals surface area contributed by atoms with Crippen LogP contribution in [0.5, 0.6) is 0 Å². The van der Waals surface area contributed by atoms with Crippen molar-refractivity contribution in [3.8, 4) is 0 Å². The Morgan fingerprint density at radius 1 is 0.686 bits per heavy atom. The zero-order valence-electron chi connectivity index (χ0n) is 20.4. The van der Waals surface area contributed by atoms with Crippen molar-refractivity contribution < 1.29 is 15.1 Å². The van der Waals surface area contributed by atoms with Crippen molar-refractivity contribution in [2.24, 2.45) is 0 Å². The number of benzene rings is 4. The summed E-state index contributed by atoms with van der Waals surface area (Å²) in [7, 11) is 9.44. The van der Waals surface area contributed by atoms with E-state index in [-0.39, 0.29) is 23.1 Å². The van der Waals surface area contributed by atoms with Gasteiger partial charge in [-0.3, -0.25) is 0 Å². The Bertz CT molecular complexity index is 1010. The van der Waals surface area contributed by atoms with Crippen LogP contribution in [0.1, 0.15) is 30.9 Å². The summed E-state index contributed by atoms with van der Waals surface area (Å²) in [5, 5.41) is 2.94. The van der Waals surface area contributed by atoms with Crippen LogP contribution < -0.4 is 10.6 Å². The van der Waals surface area contributed by atoms with Crippen molar-refractivity contribution >= 4 is 49.7 Å². The van der Waals surface area contributed by atoms with Crippen LogP contribution in [0.4, 0.5) is 0 Å². The third-order valence-corrected chi connectivity index (χ3v) is 9.04. The largest absolute Gasteiger partial charge is 0.126 e. The van der Waals surface area contributed by atoms with Gasteiger partial charge in [0.2, 0.25) is 0 Å². The average molecular weight is 629 g/mol. The molecule has 5 heteroatoms. The average Bonchev–Trinajstić information content (AvgIpc) is 2.89. The van der Waals surface area contributed by atoms with E-state index in [9.17, 15) is 0 Å². The second kappa shape index (κ2) is 18.2. The molecule has 0 unspecified atom stereocenters. The molecule has 0 aromatic heterocycles. The maximum absolute atomic E-state index is 4.85. The molecule has 4 aromatic carbocycles. The molecule has 0 atom stereocenters. The van der Waals surface area contributed by atoms with Gasteiger partial charge in [0, 0.05) is 10.6 Å². The first kappa shape index (κ1) is 30.1. The number of hydrogen-bond acceptors (Lipinski definition) is 1.